The second kappa shape index (κ2) is 5.03. The number of anilines is 1. The summed E-state index contributed by atoms with van der Waals surface area (Å²) in [5, 5.41) is 7.80. The summed E-state index contributed by atoms with van der Waals surface area (Å²) in [6.45, 7) is 10.6. The zero-order valence-electron chi connectivity index (χ0n) is 9.67. The molecule has 0 aliphatic carbocycles. The largest absolute Gasteiger partial charge is 0.368 e. The SMILES string of the molecule is CCn1cc(C)c(NCCC(C)C)n1. The maximum atomic E-state index is 4.43. The van der Waals surface area contributed by atoms with Crippen molar-refractivity contribution in [2.45, 2.75) is 40.7 Å². The summed E-state index contributed by atoms with van der Waals surface area (Å²) in [5.74, 6) is 1.78. The molecule has 1 N–H and O–H groups in total. The summed E-state index contributed by atoms with van der Waals surface area (Å²) in [5.41, 5.74) is 1.23. The minimum atomic E-state index is 0.746. The predicted molar refractivity (Wildman–Crippen MR) is 60.6 cm³/mol. The summed E-state index contributed by atoms with van der Waals surface area (Å²) < 4.78 is 1.97. The molecule has 0 unspecified atom stereocenters. The van der Waals surface area contributed by atoms with Gasteiger partial charge in [0, 0.05) is 24.8 Å². The van der Waals surface area contributed by atoms with E-state index in [4.69, 9.17) is 0 Å². The monoisotopic (exact) mass is 195 g/mol. The highest BCUT2D eigenvalue weighted by Gasteiger charge is 2.03. The van der Waals surface area contributed by atoms with Gasteiger partial charge in [-0.15, -0.1) is 0 Å². The van der Waals surface area contributed by atoms with Gasteiger partial charge in [0.15, 0.2) is 5.82 Å². The molecular formula is C11H21N3. The highest BCUT2D eigenvalue weighted by Crippen LogP contribution is 2.11. The van der Waals surface area contributed by atoms with Crippen LogP contribution in [-0.4, -0.2) is 16.3 Å². The second-order valence-corrected chi connectivity index (χ2v) is 4.13. The molecule has 1 aromatic rings. The zero-order valence-corrected chi connectivity index (χ0v) is 9.67. The third kappa shape index (κ3) is 3.05. The first-order valence-electron chi connectivity index (χ1n) is 5.41. The van der Waals surface area contributed by atoms with Gasteiger partial charge in [-0.25, -0.2) is 0 Å². The lowest BCUT2D eigenvalue weighted by molar-refractivity contribution is 0.604. The number of nitrogens with zero attached hydrogens (tertiary/aromatic N) is 2. The van der Waals surface area contributed by atoms with E-state index in [1.54, 1.807) is 0 Å². The van der Waals surface area contributed by atoms with Crippen LogP contribution in [0.5, 0.6) is 0 Å². The van der Waals surface area contributed by atoms with Crippen LogP contribution in [-0.2, 0) is 6.54 Å². The van der Waals surface area contributed by atoms with Gasteiger partial charge < -0.3 is 5.32 Å². The number of hydrogen-bond donors (Lipinski definition) is 1. The molecule has 0 radical (unpaired) electrons. The van der Waals surface area contributed by atoms with Crippen LogP contribution in [0, 0.1) is 12.8 Å². The zero-order chi connectivity index (χ0) is 10.6. The Bertz CT molecular complexity index is 276. The molecule has 14 heavy (non-hydrogen) atoms. The molecule has 0 bridgehead atoms. The van der Waals surface area contributed by atoms with E-state index in [-0.39, 0.29) is 0 Å². The number of nitrogens with one attached hydrogen (secondary N) is 1. The van der Waals surface area contributed by atoms with Crippen LogP contribution in [0.1, 0.15) is 32.8 Å². The summed E-state index contributed by atoms with van der Waals surface area (Å²) in [7, 11) is 0. The van der Waals surface area contributed by atoms with Crippen molar-refractivity contribution in [3.8, 4) is 0 Å². The van der Waals surface area contributed by atoms with Crippen molar-refractivity contribution in [3.63, 3.8) is 0 Å². The average molecular weight is 195 g/mol. The van der Waals surface area contributed by atoms with Crippen LogP contribution < -0.4 is 5.32 Å². The maximum Gasteiger partial charge on any atom is 0.150 e. The standard InChI is InChI=1S/C11H21N3/c1-5-14-8-10(4)11(13-14)12-7-6-9(2)3/h8-9H,5-7H2,1-4H3,(H,12,13). The van der Waals surface area contributed by atoms with E-state index in [0.29, 0.717) is 0 Å². The molecular weight excluding hydrogens is 174 g/mol. The fourth-order valence-electron chi connectivity index (χ4n) is 1.34. The Morgan fingerprint density at radius 2 is 2.21 bits per heavy atom. The lowest BCUT2D eigenvalue weighted by Crippen LogP contribution is -2.06. The first kappa shape index (κ1) is 11.1. The summed E-state index contributed by atoms with van der Waals surface area (Å²) in [6, 6.07) is 0. The molecule has 0 aliphatic rings. The molecule has 1 aromatic heterocycles. The number of aryl methyl sites for hydroxylation is 2. The third-order valence-corrected chi connectivity index (χ3v) is 2.28. The Hall–Kier alpha value is -0.990. The Kier molecular flexibility index (Phi) is 3.98. The number of rotatable bonds is 5. The quantitative estimate of drug-likeness (QED) is 0.782. The van der Waals surface area contributed by atoms with Crippen LogP contribution in [0.15, 0.2) is 6.20 Å². The van der Waals surface area contributed by atoms with Crippen molar-refractivity contribution in [1.82, 2.24) is 9.78 Å². The van der Waals surface area contributed by atoms with Crippen LogP contribution >= 0.6 is 0 Å². The van der Waals surface area contributed by atoms with E-state index >= 15 is 0 Å². The van der Waals surface area contributed by atoms with Crippen LogP contribution in [0.25, 0.3) is 0 Å². The minimum Gasteiger partial charge on any atom is -0.368 e. The summed E-state index contributed by atoms with van der Waals surface area (Å²) in [6.07, 6.45) is 3.27. The van der Waals surface area contributed by atoms with Crippen molar-refractivity contribution in [2.75, 3.05) is 11.9 Å². The van der Waals surface area contributed by atoms with Crippen molar-refractivity contribution < 1.29 is 0 Å². The number of aromatic nitrogens is 2. The first-order chi connectivity index (χ1) is 6.63. The molecule has 1 heterocycles. The smallest absolute Gasteiger partial charge is 0.150 e. The molecule has 0 atom stereocenters. The van der Waals surface area contributed by atoms with Crippen LogP contribution in [0.3, 0.4) is 0 Å². The highest BCUT2D eigenvalue weighted by atomic mass is 15.3. The van der Waals surface area contributed by atoms with Crippen molar-refractivity contribution in [1.29, 1.82) is 0 Å². The van der Waals surface area contributed by atoms with Crippen molar-refractivity contribution in [3.05, 3.63) is 11.8 Å². The van der Waals surface area contributed by atoms with E-state index in [2.05, 4.69) is 44.3 Å². The van der Waals surface area contributed by atoms with Gasteiger partial charge in [0.2, 0.25) is 0 Å². The van der Waals surface area contributed by atoms with E-state index < -0.39 is 0 Å². The van der Waals surface area contributed by atoms with Crippen molar-refractivity contribution in [2.24, 2.45) is 5.92 Å². The van der Waals surface area contributed by atoms with E-state index in [1.165, 1.54) is 12.0 Å². The fourth-order valence-corrected chi connectivity index (χ4v) is 1.34. The molecule has 1 rings (SSSR count). The Labute approximate surface area is 86.5 Å². The second-order valence-electron chi connectivity index (χ2n) is 4.13. The van der Waals surface area contributed by atoms with Gasteiger partial charge in [0.05, 0.1) is 0 Å². The van der Waals surface area contributed by atoms with E-state index in [1.807, 2.05) is 4.68 Å². The number of hydrogen-bond acceptors (Lipinski definition) is 2. The topological polar surface area (TPSA) is 29.9 Å². The molecule has 3 nitrogen and oxygen atoms in total. The lowest BCUT2D eigenvalue weighted by Gasteiger charge is -2.06. The summed E-state index contributed by atoms with van der Waals surface area (Å²) in [4.78, 5) is 0. The molecule has 0 amide bonds. The lowest BCUT2D eigenvalue weighted by atomic mass is 10.1. The van der Waals surface area contributed by atoms with Gasteiger partial charge in [0.25, 0.3) is 0 Å². The van der Waals surface area contributed by atoms with Gasteiger partial charge in [0.1, 0.15) is 0 Å². The predicted octanol–water partition coefficient (Wildman–Crippen LogP) is 2.67. The third-order valence-electron chi connectivity index (χ3n) is 2.28. The van der Waals surface area contributed by atoms with Gasteiger partial charge in [-0.3, -0.25) is 4.68 Å². The van der Waals surface area contributed by atoms with Crippen LogP contribution in [0.4, 0.5) is 5.82 Å². The Morgan fingerprint density at radius 3 is 2.71 bits per heavy atom. The maximum absolute atomic E-state index is 4.43. The Balaban J connectivity index is 2.45. The normalized spacial score (nSPS) is 10.9. The van der Waals surface area contributed by atoms with Crippen LogP contribution in [0.2, 0.25) is 0 Å². The van der Waals surface area contributed by atoms with Gasteiger partial charge in [-0.05, 0) is 26.2 Å². The Morgan fingerprint density at radius 1 is 1.50 bits per heavy atom. The highest BCUT2D eigenvalue weighted by molar-refractivity contribution is 5.41. The van der Waals surface area contributed by atoms with Gasteiger partial charge in [-0.2, -0.15) is 5.10 Å². The van der Waals surface area contributed by atoms with Gasteiger partial charge >= 0.3 is 0 Å². The molecule has 0 spiro atoms. The molecule has 0 fully saturated rings. The summed E-state index contributed by atoms with van der Waals surface area (Å²) >= 11 is 0. The van der Waals surface area contributed by atoms with Gasteiger partial charge in [-0.1, -0.05) is 13.8 Å². The van der Waals surface area contributed by atoms with E-state index in [9.17, 15) is 0 Å². The molecule has 0 aliphatic heterocycles. The molecule has 3 heteroatoms. The molecule has 0 saturated heterocycles. The fraction of sp³-hybridized carbons (Fsp3) is 0.727. The molecule has 80 valence electrons. The van der Waals surface area contributed by atoms with Crippen molar-refractivity contribution >= 4 is 5.82 Å². The average Bonchev–Trinajstić information content (AvgIpc) is 2.47. The minimum absolute atomic E-state index is 0.746. The van der Waals surface area contributed by atoms with E-state index in [0.717, 1.165) is 24.8 Å². The molecule has 0 aromatic carbocycles. The first-order valence-corrected chi connectivity index (χ1v) is 5.41. The molecule has 0 saturated carbocycles.